The van der Waals surface area contributed by atoms with E-state index in [2.05, 4.69) is 43.0 Å². The van der Waals surface area contributed by atoms with Gasteiger partial charge in [0.2, 0.25) is 0 Å². The quantitative estimate of drug-likeness (QED) is 0.783. The summed E-state index contributed by atoms with van der Waals surface area (Å²) in [7, 11) is 0. The van der Waals surface area contributed by atoms with Gasteiger partial charge in [0.25, 0.3) is 0 Å². The molecule has 1 aromatic carbocycles. The van der Waals surface area contributed by atoms with E-state index in [0.717, 1.165) is 30.9 Å². The van der Waals surface area contributed by atoms with E-state index >= 15 is 0 Å². The van der Waals surface area contributed by atoms with Gasteiger partial charge in [0.1, 0.15) is 0 Å². The molecule has 1 fully saturated rings. The molecule has 19 heavy (non-hydrogen) atoms. The number of likely N-dealkylation sites (tertiary alicyclic amines) is 1. The third-order valence-electron chi connectivity index (χ3n) is 4.94. The van der Waals surface area contributed by atoms with E-state index < -0.39 is 0 Å². The molecule has 1 heterocycles. The molecule has 2 nitrogen and oxygen atoms in total. The number of aryl methyl sites for hydroxylation is 1. The first kappa shape index (κ1) is 13.1. The number of rotatable bonds is 1. The van der Waals surface area contributed by atoms with Crippen molar-refractivity contribution in [3.63, 3.8) is 0 Å². The number of aliphatic hydroxyl groups excluding tert-OH is 1. The maximum Gasteiger partial charge on any atom is 0.0947 e. The maximum absolute atomic E-state index is 10.8. The monoisotopic (exact) mass is 259 g/mol. The van der Waals surface area contributed by atoms with Crippen LogP contribution in [-0.2, 0) is 6.42 Å². The first-order valence-corrected chi connectivity index (χ1v) is 7.68. The van der Waals surface area contributed by atoms with E-state index in [1.165, 1.54) is 18.4 Å². The number of aliphatic hydroxyl groups is 1. The molecule has 2 heteroatoms. The molecule has 1 aromatic rings. The van der Waals surface area contributed by atoms with Crippen LogP contribution in [0.25, 0.3) is 0 Å². The SMILES string of the molecule is CC1CC(C)N(C2CCCc3ccccc3C2O)C1. The number of fused-ring (bicyclic) bond motifs is 1. The third kappa shape index (κ3) is 2.44. The fourth-order valence-corrected chi connectivity index (χ4v) is 4.06. The molecule has 0 saturated carbocycles. The van der Waals surface area contributed by atoms with Crippen molar-refractivity contribution >= 4 is 0 Å². The predicted molar refractivity (Wildman–Crippen MR) is 78.1 cm³/mol. The van der Waals surface area contributed by atoms with Crippen LogP contribution in [0.15, 0.2) is 24.3 Å². The van der Waals surface area contributed by atoms with Crippen molar-refractivity contribution < 1.29 is 5.11 Å². The molecule has 4 unspecified atom stereocenters. The largest absolute Gasteiger partial charge is 0.387 e. The van der Waals surface area contributed by atoms with Gasteiger partial charge < -0.3 is 5.11 Å². The Morgan fingerprint density at radius 3 is 2.74 bits per heavy atom. The van der Waals surface area contributed by atoms with Gasteiger partial charge in [-0.3, -0.25) is 4.90 Å². The van der Waals surface area contributed by atoms with E-state index in [9.17, 15) is 5.11 Å². The molecule has 1 saturated heterocycles. The summed E-state index contributed by atoms with van der Waals surface area (Å²) in [5.74, 6) is 0.765. The van der Waals surface area contributed by atoms with E-state index in [1.54, 1.807) is 0 Å². The molecule has 0 radical (unpaired) electrons. The summed E-state index contributed by atoms with van der Waals surface area (Å²) < 4.78 is 0. The van der Waals surface area contributed by atoms with Crippen molar-refractivity contribution in [2.24, 2.45) is 5.92 Å². The van der Waals surface area contributed by atoms with Crippen molar-refractivity contribution in [3.05, 3.63) is 35.4 Å². The topological polar surface area (TPSA) is 23.5 Å². The van der Waals surface area contributed by atoms with Gasteiger partial charge in [-0.2, -0.15) is 0 Å². The summed E-state index contributed by atoms with van der Waals surface area (Å²) in [5, 5.41) is 10.8. The summed E-state index contributed by atoms with van der Waals surface area (Å²) in [5.41, 5.74) is 2.51. The number of hydrogen-bond donors (Lipinski definition) is 1. The summed E-state index contributed by atoms with van der Waals surface area (Å²) >= 11 is 0. The highest BCUT2D eigenvalue weighted by Crippen LogP contribution is 2.36. The zero-order chi connectivity index (χ0) is 13.4. The van der Waals surface area contributed by atoms with Crippen LogP contribution in [-0.4, -0.2) is 28.6 Å². The fraction of sp³-hybridized carbons (Fsp3) is 0.647. The minimum absolute atomic E-state index is 0.309. The Hall–Kier alpha value is -0.860. The van der Waals surface area contributed by atoms with E-state index in [0.29, 0.717) is 12.1 Å². The van der Waals surface area contributed by atoms with E-state index in [4.69, 9.17) is 0 Å². The molecule has 1 aliphatic carbocycles. The van der Waals surface area contributed by atoms with Crippen molar-refractivity contribution in [2.45, 2.75) is 57.7 Å². The van der Waals surface area contributed by atoms with Gasteiger partial charge in [-0.15, -0.1) is 0 Å². The molecule has 4 atom stereocenters. The second kappa shape index (κ2) is 5.26. The van der Waals surface area contributed by atoms with Crippen LogP contribution in [0.4, 0.5) is 0 Å². The minimum Gasteiger partial charge on any atom is -0.387 e. The highest BCUT2D eigenvalue weighted by Gasteiger charge is 2.37. The zero-order valence-corrected chi connectivity index (χ0v) is 12.0. The van der Waals surface area contributed by atoms with Crippen LogP contribution >= 0.6 is 0 Å². The van der Waals surface area contributed by atoms with Gasteiger partial charge in [-0.1, -0.05) is 31.2 Å². The second-order valence-corrected chi connectivity index (χ2v) is 6.49. The Morgan fingerprint density at radius 2 is 2.00 bits per heavy atom. The molecule has 0 spiro atoms. The van der Waals surface area contributed by atoms with E-state index in [1.807, 2.05) is 0 Å². The molecule has 0 amide bonds. The first-order valence-electron chi connectivity index (χ1n) is 7.68. The Kier molecular flexibility index (Phi) is 3.64. The van der Waals surface area contributed by atoms with Crippen LogP contribution in [0.1, 0.15) is 50.3 Å². The summed E-state index contributed by atoms with van der Waals surface area (Å²) in [4.78, 5) is 2.55. The van der Waals surface area contributed by atoms with Crippen LogP contribution in [0.5, 0.6) is 0 Å². The Bertz CT molecular complexity index is 445. The number of nitrogens with zero attached hydrogens (tertiary/aromatic N) is 1. The normalized spacial score (nSPS) is 35.9. The zero-order valence-electron chi connectivity index (χ0n) is 12.0. The van der Waals surface area contributed by atoms with Gasteiger partial charge in [0.15, 0.2) is 0 Å². The Labute approximate surface area is 116 Å². The Morgan fingerprint density at radius 1 is 1.21 bits per heavy atom. The van der Waals surface area contributed by atoms with Gasteiger partial charge in [-0.25, -0.2) is 0 Å². The van der Waals surface area contributed by atoms with Crippen molar-refractivity contribution in [1.82, 2.24) is 4.90 Å². The van der Waals surface area contributed by atoms with Crippen LogP contribution in [0, 0.1) is 5.92 Å². The molecular formula is C17H25NO. The average Bonchev–Trinajstić information content (AvgIpc) is 2.64. The summed E-state index contributed by atoms with van der Waals surface area (Å²) in [6.07, 6.45) is 4.38. The average molecular weight is 259 g/mol. The molecule has 3 rings (SSSR count). The maximum atomic E-state index is 10.8. The number of hydrogen-bond acceptors (Lipinski definition) is 2. The smallest absolute Gasteiger partial charge is 0.0947 e. The second-order valence-electron chi connectivity index (χ2n) is 6.49. The highest BCUT2D eigenvalue weighted by atomic mass is 16.3. The fourth-order valence-electron chi connectivity index (χ4n) is 4.06. The molecule has 0 bridgehead atoms. The third-order valence-corrected chi connectivity index (χ3v) is 4.94. The van der Waals surface area contributed by atoms with Crippen molar-refractivity contribution in [1.29, 1.82) is 0 Å². The molecule has 104 valence electrons. The minimum atomic E-state index is -0.313. The lowest BCUT2D eigenvalue weighted by molar-refractivity contribution is 0.0397. The molecule has 0 aromatic heterocycles. The summed E-state index contributed by atoms with van der Waals surface area (Å²) in [6, 6.07) is 9.36. The standard InChI is InChI=1S/C17H25NO/c1-12-10-13(2)18(11-12)16-9-5-7-14-6-3-4-8-15(14)17(16)19/h3-4,6,8,12-13,16-17,19H,5,7,9-11H2,1-2H3. The van der Waals surface area contributed by atoms with E-state index in [-0.39, 0.29) is 6.10 Å². The molecular weight excluding hydrogens is 234 g/mol. The van der Waals surface area contributed by atoms with Gasteiger partial charge in [0.05, 0.1) is 6.10 Å². The molecule has 1 N–H and O–H groups in total. The lowest BCUT2D eigenvalue weighted by atomic mass is 9.97. The van der Waals surface area contributed by atoms with Gasteiger partial charge in [0, 0.05) is 18.6 Å². The Balaban J connectivity index is 1.87. The van der Waals surface area contributed by atoms with Crippen LogP contribution < -0.4 is 0 Å². The summed E-state index contributed by atoms with van der Waals surface area (Å²) in [6.45, 7) is 5.78. The van der Waals surface area contributed by atoms with Crippen LogP contribution in [0.2, 0.25) is 0 Å². The predicted octanol–water partition coefficient (Wildman–Crippen LogP) is 3.16. The molecule has 2 aliphatic rings. The van der Waals surface area contributed by atoms with Crippen LogP contribution in [0.3, 0.4) is 0 Å². The van der Waals surface area contributed by atoms with Crippen molar-refractivity contribution in [2.75, 3.05) is 6.54 Å². The van der Waals surface area contributed by atoms with Gasteiger partial charge >= 0.3 is 0 Å². The number of benzene rings is 1. The van der Waals surface area contributed by atoms with Crippen molar-refractivity contribution in [3.8, 4) is 0 Å². The molecule has 1 aliphatic heterocycles. The first-order chi connectivity index (χ1) is 9.16. The highest BCUT2D eigenvalue weighted by molar-refractivity contribution is 5.31. The lowest BCUT2D eigenvalue weighted by Crippen LogP contribution is -2.41. The van der Waals surface area contributed by atoms with Gasteiger partial charge in [-0.05, 0) is 49.7 Å². The lowest BCUT2D eigenvalue weighted by Gasteiger charge is -2.34.